The number of rotatable bonds is 2. The monoisotopic (exact) mass is 272 g/mol. The van der Waals surface area contributed by atoms with E-state index in [0.717, 1.165) is 5.56 Å². The first-order valence-electron chi connectivity index (χ1n) is 5.85. The molecule has 1 saturated heterocycles. The van der Waals surface area contributed by atoms with E-state index in [9.17, 15) is 12.8 Å². The number of hydrogen-bond acceptors (Lipinski definition) is 4. The van der Waals surface area contributed by atoms with E-state index in [1.165, 1.54) is 12.1 Å². The molecule has 2 rings (SSSR count). The van der Waals surface area contributed by atoms with Gasteiger partial charge in [0, 0.05) is 24.8 Å². The molecule has 0 spiro atoms. The smallest absolute Gasteiger partial charge is 0.153 e. The lowest BCUT2D eigenvalue weighted by Crippen LogP contribution is -2.46. The zero-order valence-electron chi connectivity index (χ0n) is 10.3. The molecule has 0 radical (unpaired) electrons. The fraction of sp³-hybridized carbons (Fsp3) is 0.500. The van der Waals surface area contributed by atoms with Gasteiger partial charge in [-0.15, -0.1) is 0 Å². The highest BCUT2D eigenvalue weighted by molar-refractivity contribution is 7.91. The van der Waals surface area contributed by atoms with Crippen LogP contribution in [-0.2, 0) is 16.4 Å². The molecule has 18 heavy (non-hydrogen) atoms. The zero-order valence-corrected chi connectivity index (χ0v) is 11.1. The summed E-state index contributed by atoms with van der Waals surface area (Å²) in [5.41, 5.74) is 6.76. The largest absolute Gasteiger partial charge is 0.399 e. The minimum absolute atomic E-state index is 0.0479. The molecule has 0 amide bonds. The fourth-order valence-electron chi connectivity index (χ4n) is 2.27. The highest BCUT2D eigenvalue weighted by atomic mass is 32.2. The van der Waals surface area contributed by atoms with Crippen LogP contribution in [0.3, 0.4) is 0 Å². The van der Waals surface area contributed by atoms with E-state index >= 15 is 0 Å². The summed E-state index contributed by atoms with van der Waals surface area (Å²) in [5.74, 6) is -0.0257. The van der Waals surface area contributed by atoms with Crippen LogP contribution in [0.15, 0.2) is 18.2 Å². The van der Waals surface area contributed by atoms with Crippen molar-refractivity contribution in [3.05, 3.63) is 29.6 Å². The van der Waals surface area contributed by atoms with Crippen molar-refractivity contribution in [3.63, 3.8) is 0 Å². The lowest BCUT2D eigenvalue weighted by molar-refractivity contribution is 0.218. The first-order valence-corrected chi connectivity index (χ1v) is 7.67. The number of nitrogens with zero attached hydrogens (tertiary/aromatic N) is 1. The van der Waals surface area contributed by atoms with Gasteiger partial charge >= 0.3 is 0 Å². The van der Waals surface area contributed by atoms with Crippen molar-refractivity contribution in [2.75, 3.05) is 23.8 Å². The Morgan fingerprint density at radius 2 is 2.17 bits per heavy atom. The second kappa shape index (κ2) is 4.85. The van der Waals surface area contributed by atoms with Gasteiger partial charge in [0.1, 0.15) is 5.82 Å². The van der Waals surface area contributed by atoms with E-state index < -0.39 is 9.84 Å². The summed E-state index contributed by atoms with van der Waals surface area (Å²) in [6, 6.07) is 4.38. The summed E-state index contributed by atoms with van der Waals surface area (Å²) in [7, 11) is -2.91. The minimum atomic E-state index is -2.91. The topological polar surface area (TPSA) is 63.4 Å². The number of halogens is 1. The molecular formula is C12H17FN2O2S. The Bertz CT molecular complexity index is 525. The zero-order chi connectivity index (χ0) is 13.3. The lowest BCUT2D eigenvalue weighted by atomic mass is 10.1. The summed E-state index contributed by atoms with van der Waals surface area (Å²) < 4.78 is 36.1. The van der Waals surface area contributed by atoms with Crippen LogP contribution in [0.4, 0.5) is 10.1 Å². The number of hydrogen-bond donors (Lipinski definition) is 1. The fourth-order valence-corrected chi connectivity index (χ4v) is 3.89. The van der Waals surface area contributed by atoms with E-state index in [1.807, 2.05) is 11.8 Å². The number of anilines is 1. The van der Waals surface area contributed by atoms with Gasteiger partial charge in [-0.25, -0.2) is 12.8 Å². The Hall–Kier alpha value is -1.14. The number of nitrogens with two attached hydrogens (primary N) is 1. The Labute approximate surface area is 107 Å². The van der Waals surface area contributed by atoms with Gasteiger partial charge in [0.15, 0.2) is 9.84 Å². The number of benzene rings is 1. The summed E-state index contributed by atoms with van der Waals surface area (Å²) in [6.07, 6.45) is 0. The van der Waals surface area contributed by atoms with Gasteiger partial charge in [0.2, 0.25) is 0 Å². The van der Waals surface area contributed by atoms with Crippen LogP contribution in [0.25, 0.3) is 0 Å². The summed E-state index contributed by atoms with van der Waals surface area (Å²) in [4.78, 5) is 2.04. The first-order chi connectivity index (χ1) is 8.35. The van der Waals surface area contributed by atoms with Gasteiger partial charge in [-0.05, 0) is 30.7 Å². The van der Waals surface area contributed by atoms with Crippen molar-refractivity contribution in [2.45, 2.75) is 19.5 Å². The highest BCUT2D eigenvalue weighted by Gasteiger charge is 2.27. The Kier molecular flexibility index (Phi) is 3.59. The third-order valence-electron chi connectivity index (χ3n) is 3.17. The van der Waals surface area contributed by atoms with Crippen molar-refractivity contribution in [1.82, 2.24) is 4.90 Å². The van der Waals surface area contributed by atoms with Crippen molar-refractivity contribution >= 4 is 15.5 Å². The van der Waals surface area contributed by atoms with Crippen LogP contribution in [0.2, 0.25) is 0 Å². The van der Waals surface area contributed by atoms with Gasteiger partial charge in [-0.3, -0.25) is 4.90 Å². The summed E-state index contributed by atoms with van der Waals surface area (Å²) >= 11 is 0. The van der Waals surface area contributed by atoms with Crippen LogP contribution in [0.5, 0.6) is 0 Å². The van der Waals surface area contributed by atoms with Crippen molar-refractivity contribution in [3.8, 4) is 0 Å². The molecule has 2 N–H and O–H groups in total. The number of sulfone groups is 1. The molecule has 6 heteroatoms. The predicted octanol–water partition coefficient (Wildman–Crippen LogP) is 1.03. The third-order valence-corrected chi connectivity index (χ3v) is 4.97. The maximum absolute atomic E-state index is 13.2. The quantitative estimate of drug-likeness (QED) is 0.817. The number of nitrogen functional groups attached to an aromatic ring is 1. The minimum Gasteiger partial charge on any atom is -0.399 e. The Morgan fingerprint density at radius 1 is 1.44 bits per heavy atom. The van der Waals surface area contributed by atoms with Crippen molar-refractivity contribution in [1.29, 1.82) is 0 Å². The molecule has 1 unspecified atom stereocenters. The second-order valence-electron chi connectivity index (χ2n) is 4.83. The van der Waals surface area contributed by atoms with Crippen LogP contribution < -0.4 is 5.73 Å². The molecule has 1 atom stereocenters. The standard InChI is InChI=1S/C12H17FN2O2S/c1-9-8-18(16,17)3-2-15(9)7-10-4-11(13)6-12(14)5-10/h4-6,9H,2-3,7-8,14H2,1H3. The molecule has 1 fully saturated rings. The molecule has 1 aliphatic heterocycles. The first kappa shape index (κ1) is 13.3. The van der Waals surface area contributed by atoms with Crippen LogP contribution >= 0.6 is 0 Å². The van der Waals surface area contributed by atoms with E-state index in [4.69, 9.17) is 5.73 Å². The maximum atomic E-state index is 13.2. The predicted molar refractivity (Wildman–Crippen MR) is 69.3 cm³/mol. The molecule has 4 nitrogen and oxygen atoms in total. The van der Waals surface area contributed by atoms with Gasteiger partial charge < -0.3 is 5.73 Å². The maximum Gasteiger partial charge on any atom is 0.153 e. The molecule has 0 saturated carbocycles. The van der Waals surface area contributed by atoms with Gasteiger partial charge in [0.05, 0.1) is 11.5 Å². The van der Waals surface area contributed by atoms with E-state index in [-0.39, 0.29) is 23.4 Å². The SMILES string of the molecule is CC1CS(=O)(=O)CCN1Cc1cc(N)cc(F)c1. The van der Waals surface area contributed by atoms with Crippen LogP contribution in [0.1, 0.15) is 12.5 Å². The molecular weight excluding hydrogens is 255 g/mol. The third kappa shape index (κ3) is 3.20. The molecule has 1 aromatic rings. The molecule has 100 valence electrons. The normalized spacial score (nSPS) is 24.0. The molecule has 1 aliphatic rings. The molecule has 1 aromatic carbocycles. The van der Waals surface area contributed by atoms with E-state index in [0.29, 0.717) is 18.8 Å². The summed E-state index contributed by atoms with van der Waals surface area (Å²) in [6.45, 7) is 2.89. The van der Waals surface area contributed by atoms with Crippen LogP contribution in [0, 0.1) is 5.82 Å². The Morgan fingerprint density at radius 3 is 2.78 bits per heavy atom. The van der Waals surface area contributed by atoms with Gasteiger partial charge in [-0.1, -0.05) is 0 Å². The van der Waals surface area contributed by atoms with Crippen molar-refractivity contribution in [2.24, 2.45) is 0 Å². The van der Waals surface area contributed by atoms with E-state index in [1.54, 1.807) is 6.07 Å². The van der Waals surface area contributed by atoms with Crippen molar-refractivity contribution < 1.29 is 12.8 Å². The Balaban J connectivity index is 2.10. The molecule has 0 bridgehead atoms. The highest BCUT2D eigenvalue weighted by Crippen LogP contribution is 2.17. The van der Waals surface area contributed by atoms with Gasteiger partial charge in [0.25, 0.3) is 0 Å². The van der Waals surface area contributed by atoms with Gasteiger partial charge in [-0.2, -0.15) is 0 Å². The average molecular weight is 272 g/mol. The summed E-state index contributed by atoms with van der Waals surface area (Å²) in [5, 5.41) is 0. The molecule has 0 aromatic heterocycles. The molecule has 1 heterocycles. The lowest BCUT2D eigenvalue weighted by Gasteiger charge is -2.33. The van der Waals surface area contributed by atoms with Crippen LogP contribution in [-0.4, -0.2) is 37.4 Å². The molecule has 0 aliphatic carbocycles. The van der Waals surface area contributed by atoms with E-state index in [2.05, 4.69) is 0 Å². The average Bonchev–Trinajstić information content (AvgIpc) is 2.20. The second-order valence-corrected chi connectivity index (χ2v) is 7.06.